The smallest absolute Gasteiger partial charge is 0.234 e. The Kier molecular flexibility index (Phi) is 7.01. The molecule has 0 bridgehead atoms. The van der Waals surface area contributed by atoms with E-state index in [1.54, 1.807) is 47.0 Å². The zero-order valence-electron chi connectivity index (χ0n) is 16.2. The number of halogens is 4. The number of nitrogens with one attached hydrogen (secondary N) is 1. The number of carbonyl (C=O) groups is 1. The molecule has 1 heterocycles. The number of hydrogen-bond acceptors (Lipinski definition) is 4. The highest BCUT2D eigenvalue weighted by molar-refractivity contribution is 7.99. The van der Waals surface area contributed by atoms with Crippen molar-refractivity contribution < 1.29 is 9.18 Å². The summed E-state index contributed by atoms with van der Waals surface area (Å²) in [5.74, 6) is -0.0697. The molecule has 0 atom stereocenters. The lowest BCUT2D eigenvalue weighted by molar-refractivity contribution is -0.113. The van der Waals surface area contributed by atoms with Crippen LogP contribution in [0.3, 0.4) is 0 Å². The van der Waals surface area contributed by atoms with Gasteiger partial charge in [0, 0.05) is 16.3 Å². The molecule has 0 radical (unpaired) electrons. The molecular weight excluding hydrogens is 494 g/mol. The molecule has 4 aromatic rings. The molecule has 0 aliphatic heterocycles. The van der Waals surface area contributed by atoms with E-state index in [1.807, 2.05) is 12.1 Å². The summed E-state index contributed by atoms with van der Waals surface area (Å²) in [7, 11) is 0. The van der Waals surface area contributed by atoms with Crippen LogP contribution < -0.4 is 5.32 Å². The maximum Gasteiger partial charge on any atom is 0.234 e. The lowest BCUT2D eigenvalue weighted by atomic mass is 10.2. The van der Waals surface area contributed by atoms with E-state index >= 15 is 0 Å². The van der Waals surface area contributed by atoms with E-state index in [0.29, 0.717) is 32.4 Å². The van der Waals surface area contributed by atoms with Crippen LogP contribution in [-0.2, 0) is 4.79 Å². The van der Waals surface area contributed by atoms with Gasteiger partial charge in [-0.1, -0.05) is 52.6 Å². The molecule has 32 heavy (non-hydrogen) atoms. The van der Waals surface area contributed by atoms with E-state index in [4.69, 9.17) is 34.8 Å². The van der Waals surface area contributed by atoms with E-state index in [-0.39, 0.29) is 22.5 Å². The minimum Gasteiger partial charge on any atom is -0.324 e. The Hall–Kier alpha value is -2.58. The summed E-state index contributed by atoms with van der Waals surface area (Å²) in [6, 6.07) is 18.1. The van der Waals surface area contributed by atoms with Gasteiger partial charge < -0.3 is 5.32 Å². The second-order valence-electron chi connectivity index (χ2n) is 6.56. The van der Waals surface area contributed by atoms with Gasteiger partial charge in [-0.15, -0.1) is 10.2 Å². The van der Waals surface area contributed by atoms with Crippen molar-refractivity contribution in [2.75, 3.05) is 11.1 Å². The van der Waals surface area contributed by atoms with E-state index in [1.165, 1.54) is 23.9 Å². The Bertz CT molecular complexity index is 1260. The minimum atomic E-state index is -0.359. The number of anilines is 1. The second-order valence-corrected chi connectivity index (χ2v) is 8.73. The molecule has 10 heteroatoms. The fourth-order valence-corrected chi connectivity index (χ4v) is 4.11. The highest BCUT2D eigenvalue weighted by atomic mass is 35.5. The molecule has 3 aromatic carbocycles. The highest BCUT2D eigenvalue weighted by Gasteiger charge is 2.18. The Morgan fingerprint density at radius 2 is 1.69 bits per heavy atom. The first-order chi connectivity index (χ1) is 15.4. The lowest BCUT2D eigenvalue weighted by Gasteiger charge is -2.11. The Morgan fingerprint density at radius 1 is 0.969 bits per heavy atom. The lowest BCUT2D eigenvalue weighted by Crippen LogP contribution is -2.15. The van der Waals surface area contributed by atoms with Gasteiger partial charge in [0.25, 0.3) is 0 Å². The summed E-state index contributed by atoms with van der Waals surface area (Å²) in [6.45, 7) is 0. The van der Waals surface area contributed by atoms with Crippen LogP contribution in [-0.4, -0.2) is 26.4 Å². The maximum atomic E-state index is 13.5. The SMILES string of the molecule is O=C(CSc1nnc(-c2ccc(Cl)cc2)n1-c1ccc(F)cc1)Nc1cccc(Cl)c1Cl. The Morgan fingerprint density at radius 3 is 2.41 bits per heavy atom. The summed E-state index contributed by atoms with van der Waals surface area (Å²) >= 11 is 19.3. The topological polar surface area (TPSA) is 59.8 Å². The molecule has 1 amide bonds. The average Bonchev–Trinajstić information content (AvgIpc) is 3.20. The molecule has 5 nitrogen and oxygen atoms in total. The van der Waals surface area contributed by atoms with Crippen molar-refractivity contribution in [3.8, 4) is 17.1 Å². The van der Waals surface area contributed by atoms with Crippen LogP contribution >= 0.6 is 46.6 Å². The number of thioether (sulfide) groups is 1. The molecule has 4 rings (SSSR count). The fourth-order valence-electron chi connectivity index (χ4n) is 2.89. The summed E-state index contributed by atoms with van der Waals surface area (Å²) in [6.07, 6.45) is 0. The molecule has 1 N–H and O–H groups in total. The Balaban J connectivity index is 1.60. The first kappa shape index (κ1) is 22.6. The molecule has 1 aromatic heterocycles. The largest absolute Gasteiger partial charge is 0.324 e. The van der Waals surface area contributed by atoms with Crippen molar-refractivity contribution in [3.05, 3.63) is 87.6 Å². The van der Waals surface area contributed by atoms with Crippen molar-refractivity contribution in [1.29, 1.82) is 0 Å². The standard InChI is InChI=1S/C22H14Cl3FN4OS/c23-14-6-4-13(5-7-14)21-28-29-22(30(21)16-10-8-15(26)9-11-16)32-12-19(31)27-18-3-1-2-17(24)20(18)25/h1-11H,12H2,(H,27,31). The van der Waals surface area contributed by atoms with Gasteiger partial charge in [-0.3, -0.25) is 9.36 Å². The summed E-state index contributed by atoms with van der Waals surface area (Å²) in [4.78, 5) is 12.5. The second kappa shape index (κ2) is 9.92. The predicted molar refractivity (Wildman–Crippen MR) is 128 cm³/mol. The van der Waals surface area contributed by atoms with Crippen LogP contribution in [0.5, 0.6) is 0 Å². The molecule has 0 unspecified atom stereocenters. The molecule has 162 valence electrons. The number of benzene rings is 3. The van der Waals surface area contributed by atoms with E-state index in [2.05, 4.69) is 15.5 Å². The molecule has 0 spiro atoms. The molecule has 0 saturated carbocycles. The minimum absolute atomic E-state index is 0.0444. The van der Waals surface area contributed by atoms with Crippen LogP contribution in [0.2, 0.25) is 15.1 Å². The van der Waals surface area contributed by atoms with Crippen molar-refractivity contribution in [1.82, 2.24) is 14.8 Å². The first-order valence-electron chi connectivity index (χ1n) is 9.26. The highest BCUT2D eigenvalue weighted by Crippen LogP contribution is 2.31. The predicted octanol–water partition coefficient (Wildman–Crippen LogP) is 6.76. The molecule has 0 aliphatic rings. The monoisotopic (exact) mass is 506 g/mol. The van der Waals surface area contributed by atoms with Gasteiger partial charge >= 0.3 is 0 Å². The van der Waals surface area contributed by atoms with E-state index in [9.17, 15) is 9.18 Å². The molecule has 0 aliphatic carbocycles. The van der Waals surface area contributed by atoms with E-state index < -0.39 is 0 Å². The van der Waals surface area contributed by atoms with Gasteiger partial charge in [0.15, 0.2) is 11.0 Å². The number of rotatable bonds is 6. The Labute approximate surface area is 202 Å². The van der Waals surface area contributed by atoms with Crippen LogP contribution in [0.25, 0.3) is 17.1 Å². The average molecular weight is 508 g/mol. The van der Waals surface area contributed by atoms with Gasteiger partial charge in [-0.05, 0) is 60.7 Å². The zero-order chi connectivity index (χ0) is 22.7. The van der Waals surface area contributed by atoms with Gasteiger partial charge in [0.05, 0.1) is 21.5 Å². The molecular formula is C22H14Cl3FN4OS. The van der Waals surface area contributed by atoms with Crippen LogP contribution in [0.15, 0.2) is 71.9 Å². The zero-order valence-corrected chi connectivity index (χ0v) is 19.3. The number of amides is 1. The van der Waals surface area contributed by atoms with Gasteiger partial charge in [-0.25, -0.2) is 4.39 Å². The van der Waals surface area contributed by atoms with Gasteiger partial charge in [-0.2, -0.15) is 0 Å². The van der Waals surface area contributed by atoms with Crippen molar-refractivity contribution in [2.45, 2.75) is 5.16 Å². The van der Waals surface area contributed by atoms with Crippen LogP contribution in [0.1, 0.15) is 0 Å². The van der Waals surface area contributed by atoms with Crippen molar-refractivity contribution in [3.63, 3.8) is 0 Å². The number of nitrogens with zero attached hydrogens (tertiary/aromatic N) is 3. The third-order valence-electron chi connectivity index (χ3n) is 4.38. The maximum absolute atomic E-state index is 13.5. The normalized spacial score (nSPS) is 10.9. The van der Waals surface area contributed by atoms with Crippen molar-refractivity contribution in [2.24, 2.45) is 0 Å². The van der Waals surface area contributed by atoms with Gasteiger partial charge in [0.1, 0.15) is 5.82 Å². The van der Waals surface area contributed by atoms with Crippen LogP contribution in [0.4, 0.5) is 10.1 Å². The number of aromatic nitrogens is 3. The van der Waals surface area contributed by atoms with Crippen molar-refractivity contribution >= 4 is 58.2 Å². The molecule has 0 fully saturated rings. The van der Waals surface area contributed by atoms with Crippen LogP contribution in [0, 0.1) is 5.82 Å². The number of hydrogen-bond donors (Lipinski definition) is 1. The number of carbonyl (C=O) groups excluding carboxylic acids is 1. The summed E-state index contributed by atoms with van der Waals surface area (Å²) in [5, 5.41) is 12.9. The van der Waals surface area contributed by atoms with E-state index in [0.717, 1.165) is 5.56 Å². The molecule has 0 saturated heterocycles. The first-order valence-corrected chi connectivity index (χ1v) is 11.4. The summed E-state index contributed by atoms with van der Waals surface area (Å²) < 4.78 is 15.2. The fraction of sp³-hybridized carbons (Fsp3) is 0.0455. The third-order valence-corrected chi connectivity index (χ3v) is 6.38. The van der Waals surface area contributed by atoms with Gasteiger partial charge in [0.2, 0.25) is 5.91 Å². The summed E-state index contributed by atoms with van der Waals surface area (Å²) in [5.41, 5.74) is 1.85. The third kappa shape index (κ3) is 5.07. The quantitative estimate of drug-likeness (QED) is 0.293.